The summed E-state index contributed by atoms with van der Waals surface area (Å²) in [6, 6.07) is 0. The average molecular weight is 397 g/mol. The second-order valence-electron chi connectivity index (χ2n) is 3.73. The molecule has 86 valence electrons. The van der Waals surface area contributed by atoms with E-state index in [-0.39, 0.29) is 21.1 Å². The summed E-state index contributed by atoms with van der Waals surface area (Å²) in [6.45, 7) is 3.84. The van der Waals surface area contributed by atoms with Crippen molar-refractivity contribution in [2.75, 3.05) is 0 Å². The van der Waals surface area contributed by atoms with Gasteiger partial charge < -0.3 is 0 Å². The standard InChI is InChI=1S/C10H9N6.W/c1-5-8-6(2)13-11-4-7(8)9-10(12-5)16(3)15-14-9;/h1-3H3;/q-1;. The molecular weight excluding hydrogens is 388 g/mol. The van der Waals surface area contributed by atoms with Crippen molar-refractivity contribution in [2.24, 2.45) is 7.05 Å². The van der Waals surface area contributed by atoms with Crippen LogP contribution >= 0.6 is 0 Å². The van der Waals surface area contributed by atoms with Gasteiger partial charge in [-0.3, -0.25) is 4.98 Å². The van der Waals surface area contributed by atoms with Crippen LogP contribution in [0.4, 0.5) is 0 Å². The van der Waals surface area contributed by atoms with Gasteiger partial charge in [-0.1, -0.05) is 10.6 Å². The van der Waals surface area contributed by atoms with Gasteiger partial charge in [-0.05, 0) is 25.7 Å². The largest absolute Gasteiger partial charge is 0.258 e. The Labute approximate surface area is 112 Å². The zero-order valence-corrected chi connectivity index (χ0v) is 12.5. The maximum absolute atomic E-state index is 4.47. The van der Waals surface area contributed by atoms with E-state index >= 15 is 0 Å². The molecule has 0 fully saturated rings. The van der Waals surface area contributed by atoms with Crippen LogP contribution in [0.5, 0.6) is 0 Å². The SMILES string of the molecule is Cc1nn[c-]c2c1c(C)nc1c2nnn1C.[W]. The van der Waals surface area contributed by atoms with Crippen molar-refractivity contribution in [3.63, 3.8) is 0 Å². The van der Waals surface area contributed by atoms with Gasteiger partial charge in [0.2, 0.25) is 0 Å². The maximum Gasteiger partial charge on any atom is 0.121 e. The summed E-state index contributed by atoms with van der Waals surface area (Å²) in [7, 11) is 1.81. The van der Waals surface area contributed by atoms with Crippen molar-refractivity contribution in [3.05, 3.63) is 17.6 Å². The number of fused-ring (bicyclic) bond motifs is 3. The summed E-state index contributed by atoms with van der Waals surface area (Å²) in [6.07, 6.45) is 2.87. The van der Waals surface area contributed by atoms with Crippen molar-refractivity contribution in [1.29, 1.82) is 0 Å². The van der Waals surface area contributed by atoms with Crippen LogP contribution in [0.2, 0.25) is 0 Å². The van der Waals surface area contributed by atoms with Gasteiger partial charge in [0.1, 0.15) is 5.65 Å². The third-order valence-electron chi connectivity index (χ3n) is 2.64. The Bertz CT molecular complexity index is 705. The monoisotopic (exact) mass is 397 g/mol. The van der Waals surface area contributed by atoms with Crippen LogP contribution in [0.1, 0.15) is 11.4 Å². The molecule has 0 unspecified atom stereocenters. The smallest absolute Gasteiger partial charge is 0.121 e. The molecule has 0 N–H and O–H groups in total. The molecule has 3 rings (SSSR count). The van der Waals surface area contributed by atoms with Crippen LogP contribution < -0.4 is 0 Å². The van der Waals surface area contributed by atoms with Gasteiger partial charge >= 0.3 is 0 Å². The molecule has 0 aromatic carbocycles. The van der Waals surface area contributed by atoms with E-state index < -0.39 is 0 Å². The van der Waals surface area contributed by atoms with Gasteiger partial charge in [0.05, 0.1) is 0 Å². The Hall–Kier alpha value is -1.42. The summed E-state index contributed by atoms with van der Waals surface area (Å²) < 4.78 is 1.64. The van der Waals surface area contributed by atoms with E-state index in [1.165, 1.54) is 0 Å². The predicted molar refractivity (Wildman–Crippen MR) is 57.7 cm³/mol. The zero-order valence-electron chi connectivity index (χ0n) is 9.59. The molecule has 0 saturated carbocycles. The third kappa shape index (κ3) is 1.63. The van der Waals surface area contributed by atoms with E-state index in [9.17, 15) is 0 Å². The minimum absolute atomic E-state index is 0. The molecule has 3 aromatic rings. The molecule has 0 aliphatic carbocycles. The summed E-state index contributed by atoms with van der Waals surface area (Å²) in [5.41, 5.74) is 3.21. The number of nitrogens with zero attached hydrogens (tertiary/aromatic N) is 6. The topological polar surface area (TPSA) is 69.4 Å². The molecule has 3 aromatic heterocycles. The molecule has 0 saturated heterocycles. The van der Waals surface area contributed by atoms with E-state index in [2.05, 4.69) is 31.7 Å². The van der Waals surface area contributed by atoms with Gasteiger partial charge in [-0.2, -0.15) is 10.2 Å². The molecule has 0 bridgehead atoms. The van der Waals surface area contributed by atoms with Crippen molar-refractivity contribution >= 4 is 21.9 Å². The van der Waals surface area contributed by atoms with E-state index in [1.807, 2.05) is 20.9 Å². The van der Waals surface area contributed by atoms with Crippen LogP contribution in [0.15, 0.2) is 0 Å². The molecule has 0 amide bonds. The van der Waals surface area contributed by atoms with Gasteiger partial charge in [0, 0.05) is 39.3 Å². The number of pyridine rings is 1. The van der Waals surface area contributed by atoms with Gasteiger partial charge in [-0.25, -0.2) is 9.78 Å². The first kappa shape index (κ1) is 12.0. The Balaban J connectivity index is 0.00000108. The maximum atomic E-state index is 4.47. The Kier molecular flexibility index (Phi) is 2.91. The number of rotatable bonds is 0. The molecule has 0 radical (unpaired) electrons. The van der Waals surface area contributed by atoms with Crippen molar-refractivity contribution in [3.8, 4) is 0 Å². The first-order valence-corrected chi connectivity index (χ1v) is 4.89. The second kappa shape index (κ2) is 4.11. The van der Waals surface area contributed by atoms with E-state index in [0.29, 0.717) is 0 Å². The predicted octanol–water partition coefficient (Wildman–Crippen LogP) is 0.721. The first-order chi connectivity index (χ1) is 7.68. The summed E-state index contributed by atoms with van der Waals surface area (Å²) in [5, 5.41) is 17.6. The molecule has 0 spiro atoms. The summed E-state index contributed by atoms with van der Waals surface area (Å²) in [5.74, 6) is 0. The molecule has 7 heteroatoms. The van der Waals surface area contributed by atoms with E-state index in [0.717, 1.165) is 33.3 Å². The number of hydrogen-bond acceptors (Lipinski definition) is 5. The van der Waals surface area contributed by atoms with Crippen LogP contribution in [0.25, 0.3) is 21.9 Å². The fourth-order valence-corrected chi connectivity index (χ4v) is 1.90. The normalized spacial score (nSPS) is 10.8. The van der Waals surface area contributed by atoms with Crippen molar-refractivity contribution in [2.45, 2.75) is 13.8 Å². The van der Waals surface area contributed by atoms with Gasteiger partial charge in [0.25, 0.3) is 0 Å². The fourth-order valence-electron chi connectivity index (χ4n) is 1.90. The molecule has 0 aliphatic rings. The van der Waals surface area contributed by atoms with E-state index in [4.69, 9.17) is 0 Å². The minimum Gasteiger partial charge on any atom is -0.258 e. The average Bonchev–Trinajstić information content (AvgIpc) is 2.61. The van der Waals surface area contributed by atoms with Crippen molar-refractivity contribution < 1.29 is 21.1 Å². The number of aromatic nitrogens is 6. The second-order valence-corrected chi connectivity index (χ2v) is 3.73. The molecule has 0 atom stereocenters. The van der Waals surface area contributed by atoms with Gasteiger partial charge in [0.15, 0.2) is 0 Å². The Morgan fingerprint density at radius 2 is 1.88 bits per heavy atom. The van der Waals surface area contributed by atoms with Crippen molar-refractivity contribution in [1.82, 2.24) is 30.2 Å². The molecule has 0 aliphatic heterocycles. The first-order valence-electron chi connectivity index (χ1n) is 4.89. The zero-order chi connectivity index (χ0) is 11.3. The quantitative estimate of drug-likeness (QED) is 0.524. The minimum atomic E-state index is 0. The fraction of sp³-hybridized carbons (Fsp3) is 0.300. The molecule has 17 heavy (non-hydrogen) atoms. The van der Waals surface area contributed by atoms with E-state index in [1.54, 1.807) is 4.68 Å². The Morgan fingerprint density at radius 1 is 1.12 bits per heavy atom. The van der Waals surface area contributed by atoms with Gasteiger partial charge in [-0.15, -0.1) is 5.39 Å². The molecule has 3 heterocycles. The third-order valence-corrected chi connectivity index (χ3v) is 2.64. The van der Waals surface area contributed by atoms with Crippen LogP contribution in [-0.2, 0) is 28.1 Å². The van der Waals surface area contributed by atoms with Crippen LogP contribution in [0, 0.1) is 20.0 Å². The number of hydrogen-bond donors (Lipinski definition) is 0. The van der Waals surface area contributed by atoms with Crippen LogP contribution in [0.3, 0.4) is 0 Å². The van der Waals surface area contributed by atoms with Crippen LogP contribution in [-0.4, -0.2) is 30.2 Å². The number of aryl methyl sites for hydroxylation is 3. The molecule has 6 nitrogen and oxygen atoms in total. The summed E-state index contributed by atoms with van der Waals surface area (Å²) in [4.78, 5) is 4.47. The summed E-state index contributed by atoms with van der Waals surface area (Å²) >= 11 is 0. The Morgan fingerprint density at radius 3 is 2.65 bits per heavy atom. The molecular formula is C10H9N6W-.